The molecule has 1 aromatic heterocycles. The maximum absolute atomic E-state index is 13.5. The molecule has 13 heteroatoms. The minimum absolute atomic E-state index is 0.105. The van der Waals surface area contributed by atoms with E-state index >= 15 is 0 Å². The van der Waals surface area contributed by atoms with Crippen LogP contribution in [-0.4, -0.2) is 40.2 Å². The number of Topliss-reactive ketones (excluding diaryl/α,β-unsaturated/α-hetero) is 1. The van der Waals surface area contributed by atoms with Crippen LogP contribution in [0.5, 0.6) is 11.5 Å². The third kappa shape index (κ3) is 5.50. The van der Waals surface area contributed by atoms with Crippen molar-refractivity contribution in [2.45, 2.75) is 16.1 Å². The number of nitrogens with zero attached hydrogens (tertiary/aromatic N) is 3. The van der Waals surface area contributed by atoms with Crippen molar-refractivity contribution in [2.24, 2.45) is 0 Å². The lowest BCUT2D eigenvalue weighted by atomic mass is 9.95. The molecule has 2 aliphatic rings. The number of hydrogen-bond acceptors (Lipinski definition) is 9. The molecule has 1 amide bonds. The Hall–Kier alpha value is -3.28. The number of amides is 1. The molecule has 0 bridgehead atoms. The van der Waals surface area contributed by atoms with E-state index in [4.69, 9.17) is 44.3 Å². The summed E-state index contributed by atoms with van der Waals surface area (Å²) in [5.74, 6) is -0.615. The third-order valence-corrected chi connectivity index (χ3v) is 9.32. The number of ether oxygens (including phenoxy) is 2. The van der Waals surface area contributed by atoms with Gasteiger partial charge in [0.1, 0.15) is 19.0 Å². The highest BCUT2D eigenvalue weighted by Gasteiger charge is 2.48. The average Bonchev–Trinajstić information content (AvgIpc) is 3.53. The van der Waals surface area contributed by atoms with Gasteiger partial charge in [0.15, 0.2) is 15.8 Å². The lowest BCUT2D eigenvalue weighted by Gasteiger charge is -2.23. The van der Waals surface area contributed by atoms with Crippen molar-refractivity contribution in [2.75, 3.05) is 18.1 Å². The largest absolute Gasteiger partial charge is 0.507 e. The molecule has 3 aromatic carbocycles. The summed E-state index contributed by atoms with van der Waals surface area (Å²) >= 11 is 21.1. The van der Waals surface area contributed by atoms with Crippen molar-refractivity contribution in [1.29, 1.82) is 0 Å². The van der Waals surface area contributed by atoms with E-state index in [1.165, 1.54) is 16.7 Å². The van der Waals surface area contributed by atoms with Crippen LogP contribution in [0.2, 0.25) is 15.1 Å². The molecular formula is C28H18Cl3N3O5S2. The molecule has 208 valence electrons. The molecule has 6 rings (SSSR count). The highest BCUT2D eigenvalue weighted by Crippen LogP contribution is 2.45. The van der Waals surface area contributed by atoms with Gasteiger partial charge in [0.2, 0.25) is 5.13 Å². The number of fused-ring (bicyclic) bond motifs is 1. The van der Waals surface area contributed by atoms with Gasteiger partial charge in [0.25, 0.3) is 5.78 Å². The molecule has 1 unspecified atom stereocenters. The number of ketones is 1. The van der Waals surface area contributed by atoms with Gasteiger partial charge >= 0.3 is 5.91 Å². The predicted octanol–water partition coefficient (Wildman–Crippen LogP) is 7.19. The number of rotatable bonds is 6. The molecule has 0 aliphatic carbocycles. The van der Waals surface area contributed by atoms with Gasteiger partial charge in [0.05, 0.1) is 11.6 Å². The number of aliphatic hydroxyl groups is 1. The van der Waals surface area contributed by atoms with E-state index in [0.717, 1.165) is 16.9 Å². The maximum Gasteiger partial charge on any atom is 0.301 e. The van der Waals surface area contributed by atoms with Gasteiger partial charge < -0.3 is 14.6 Å². The molecule has 0 radical (unpaired) electrons. The second-order valence-electron chi connectivity index (χ2n) is 8.96. The smallest absolute Gasteiger partial charge is 0.301 e. The fourth-order valence-corrected chi connectivity index (χ4v) is 7.13. The number of benzene rings is 3. The first-order valence-electron chi connectivity index (χ1n) is 12.2. The van der Waals surface area contributed by atoms with Gasteiger partial charge in [-0.1, -0.05) is 76.1 Å². The number of carbonyl (C=O) groups is 2. The van der Waals surface area contributed by atoms with Crippen LogP contribution in [0.25, 0.3) is 5.76 Å². The fourth-order valence-electron chi connectivity index (χ4n) is 4.50. The number of hydrogen-bond donors (Lipinski definition) is 1. The molecule has 0 saturated carbocycles. The van der Waals surface area contributed by atoms with Gasteiger partial charge in [-0.3, -0.25) is 14.5 Å². The first-order valence-corrected chi connectivity index (χ1v) is 15.1. The van der Waals surface area contributed by atoms with Gasteiger partial charge in [0, 0.05) is 26.4 Å². The number of aliphatic hydroxyl groups excluding tert-OH is 1. The minimum Gasteiger partial charge on any atom is -0.507 e. The Morgan fingerprint density at radius 1 is 0.976 bits per heavy atom. The molecular weight excluding hydrogens is 629 g/mol. The molecule has 0 spiro atoms. The van der Waals surface area contributed by atoms with E-state index in [2.05, 4.69) is 10.2 Å². The Kier molecular flexibility index (Phi) is 7.84. The number of halogens is 3. The number of anilines is 1. The summed E-state index contributed by atoms with van der Waals surface area (Å²) in [6.07, 6.45) is 0. The Bertz CT molecular complexity index is 1730. The molecule has 1 atom stereocenters. The highest BCUT2D eigenvalue weighted by molar-refractivity contribution is 8.00. The summed E-state index contributed by atoms with van der Waals surface area (Å²) in [6.45, 7) is 0.763. The van der Waals surface area contributed by atoms with Gasteiger partial charge in [-0.15, -0.1) is 10.2 Å². The van der Waals surface area contributed by atoms with E-state index in [1.807, 2.05) is 6.07 Å². The molecule has 8 nitrogen and oxygen atoms in total. The van der Waals surface area contributed by atoms with E-state index in [9.17, 15) is 14.7 Å². The second kappa shape index (κ2) is 11.5. The molecule has 4 aromatic rings. The standard InChI is InChI=1S/C28H18Cl3N3O5S2/c29-17-3-1-2-14(10-17)23-22(24(35)15-5-7-20-21(11-15)39-9-8-38-20)25(36)26(37)34(23)27-32-33-28(41-27)40-13-16-4-6-18(30)12-19(16)31/h1-7,10-12,23,35H,8-9,13H2/b24-22-. The quantitative estimate of drug-likeness (QED) is 0.0773. The minimum atomic E-state index is -1.00. The summed E-state index contributed by atoms with van der Waals surface area (Å²) in [5.41, 5.74) is 1.57. The van der Waals surface area contributed by atoms with E-state index < -0.39 is 17.7 Å². The SMILES string of the molecule is O=C1C(=O)N(c2nnc(SCc3ccc(Cl)cc3Cl)s2)C(c2cccc(Cl)c2)/C1=C(/O)c1ccc2c(c1)OCCO2. The second-order valence-corrected chi connectivity index (χ2v) is 12.4. The zero-order valence-electron chi connectivity index (χ0n) is 20.8. The van der Waals surface area contributed by atoms with E-state index in [1.54, 1.807) is 54.6 Å². The van der Waals surface area contributed by atoms with Crippen LogP contribution in [0.15, 0.2) is 70.6 Å². The van der Waals surface area contributed by atoms with Crippen molar-refractivity contribution in [3.05, 3.63) is 98.0 Å². The predicted molar refractivity (Wildman–Crippen MR) is 160 cm³/mol. The third-order valence-electron chi connectivity index (χ3n) is 6.39. The van der Waals surface area contributed by atoms with Gasteiger partial charge in [-0.25, -0.2) is 0 Å². The number of aromatic nitrogens is 2. The molecule has 1 N–H and O–H groups in total. The Morgan fingerprint density at radius 3 is 2.54 bits per heavy atom. The van der Waals surface area contributed by atoms with E-state index in [-0.39, 0.29) is 16.5 Å². The fraction of sp³-hybridized carbons (Fsp3) is 0.143. The maximum atomic E-state index is 13.5. The van der Waals surface area contributed by atoms with Crippen LogP contribution in [-0.2, 0) is 15.3 Å². The van der Waals surface area contributed by atoms with Crippen LogP contribution in [0, 0.1) is 0 Å². The summed E-state index contributed by atoms with van der Waals surface area (Å²) in [7, 11) is 0. The van der Waals surface area contributed by atoms with Crippen LogP contribution >= 0.6 is 57.9 Å². The number of carbonyl (C=O) groups excluding carboxylic acids is 2. The zero-order chi connectivity index (χ0) is 28.7. The lowest BCUT2D eigenvalue weighted by Crippen LogP contribution is -2.29. The Balaban J connectivity index is 1.38. The van der Waals surface area contributed by atoms with Crippen molar-refractivity contribution >= 4 is 80.5 Å². The van der Waals surface area contributed by atoms with Crippen molar-refractivity contribution in [3.63, 3.8) is 0 Å². The summed E-state index contributed by atoms with van der Waals surface area (Å²) in [4.78, 5) is 28.2. The topological polar surface area (TPSA) is 102 Å². The van der Waals surface area contributed by atoms with Crippen molar-refractivity contribution in [1.82, 2.24) is 10.2 Å². The van der Waals surface area contributed by atoms with Crippen LogP contribution < -0.4 is 14.4 Å². The monoisotopic (exact) mass is 645 g/mol. The molecule has 1 fully saturated rings. The lowest BCUT2D eigenvalue weighted by molar-refractivity contribution is -0.132. The average molecular weight is 647 g/mol. The first-order chi connectivity index (χ1) is 19.8. The molecule has 2 aliphatic heterocycles. The summed E-state index contributed by atoms with van der Waals surface area (Å²) < 4.78 is 11.8. The normalized spacial score (nSPS) is 17.7. The van der Waals surface area contributed by atoms with Crippen LogP contribution in [0.4, 0.5) is 5.13 Å². The summed E-state index contributed by atoms with van der Waals surface area (Å²) in [6, 6.07) is 15.8. The van der Waals surface area contributed by atoms with Crippen molar-refractivity contribution < 1.29 is 24.2 Å². The van der Waals surface area contributed by atoms with Crippen LogP contribution in [0.1, 0.15) is 22.7 Å². The Labute approximate surface area is 257 Å². The molecule has 3 heterocycles. The summed E-state index contributed by atoms with van der Waals surface area (Å²) in [5, 5.41) is 21.5. The Morgan fingerprint density at radius 2 is 1.76 bits per heavy atom. The van der Waals surface area contributed by atoms with Gasteiger partial charge in [-0.05, 0) is 53.6 Å². The zero-order valence-corrected chi connectivity index (χ0v) is 24.7. The molecule has 41 heavy (non-hydrogen) atoms. The van der Waals surface area contributed by atoms with Crippen LogP contribution in [0.3, 0.4) is 0 Å². The van der Waals surface area contributed by atoms with Gasteiger partial charge in [-0.2, -0.15) is 0 Å². The number of thioether (sulfide) groups is 1. The first kappa shape index (κ1) is 27.9. The highest BCUT2D eigenvalue weighted by atomic mass is 35.5. The molecule has 1 saturated heterocycles. The van der Waals surface area contributed by atoms with Crippen molar-refractivity contribution in [3.8, 4) is 11.5 Å². The van der Waals surface area contributed by atoms with E-state index in [0.29, 0.717) is 61.0 Å².